The summed E-state index contributed by atoms with van der Waals surface area (Å²) in [6, 6.07) is 5.20. The highest BCUT2D eigenvalue weighted by Crippen LogP contribution is 2.19. The van der Waals surface area contributed by atoms with Gasteiger partial charge >= 0.3 is 5.97 Å². The smallest absolute Gasteiger partial charge is 0.356 e. The molecule has 2 rings (SSSR count). The summed E-state index contributed by atoms with van der Waals surface area (Å²) >= 11 is 0. The van der Waals surface area contributed by atoms with Gasteiger partial charge in [0.05, 0.1) is 11.9 Å². The Balaban J connectivity index is 2.39. The predicted molar refractivity (Wildman–Crippen MR) is 62.4 cm³/mol. The van der Waals surface area contributed by atoms with E-state index in [-0.39, 0.29) is 5.69 Å². The molecule has 2 heterocycles. The van der Waals surface area contributed by atoms with Crippen LogP contribution in [0.1, 0.15) is 16.2 Å². The number of hydrogen-bond donors (Lipinski definition) is 2. The first-order valence-corrected chi connectivity index (χ1v) is 5.04. The Morgan fingerprint density at radius 2 is 2.18 bits per heavy atom. The number of hydrogen-bond acceptors (Lipinski definition) is 4. The number of aromatic carboxylic acids is 1. The molecule has 0 aliphatic rings. The van der Waals surface area contributed by atoms with Crippen molar-refractivity contribution in [3.63, 3.8) is 0 Å². The van der Waals surface area contributed by atoms with Crippen molar-refractivity contribution in [2.24, 2.45) is 7.05 Å². The standard InChI is InChI=1S/C11H12N4O2/c1-7-3-4-8(10(13-7)11(16)17)14-9-5-6-12-15(9)2/h3-6,14H,1-2H3,(H,16,17). The fourth-order valence-electron chi connectivity index (χ4n) is 1.46. The number of anilines is 2. The van der Waals surface area contributed by atoms with E-state index in [1.54, 1.807) is 43.0 Å². The van der Waals surface area contributed by atoms with Gasteiger partial charge in [0.2, 0.25) is 0 Å². The number of carboxylic acid groups (broad SMARTS) is 1. The van der Waals surface area contributed by atoms with Gasteiger partial charge < -0.3 is 10.4 Å². The Kier molecular flexibility index (Phi) is 2.78. The first-order chi connectivity index (χ1) is 8.08. The molecule has 0 bridgehead atoms. The summed E-state index contributed by atoms with van der Waals surface area (Å²) < 4.78 is 1.62. The van der Waals surface area contributed by atoms with Gasteiger partial charge in [-0.25, -0.2) is 9.78 Å². The quantitative estimate of drug-likeness (QED) is 0.839. The number of aromatic nitrogens is 3. The van der Waals surface area contributed by atoms with Crippen molar-refractivity contribution in [2.45, 2.75) is 6.92 Å². The summed E-state index contributed by atoms with van der Waals surface area (Å²) in [5.41, 5.74) is 1.12. The van der Waals surface area contributed by atoms with Crippen molar-refractivity contribution in [1.29, 1.82) is 0 Å². The number of carboxylic acids is 1. The van der Waals surface area contributed by atoms with Crippen LogP contribution in [0.5, 0.6) is 0 Å². The first-order valence-electron chi connectivity index (χ1n) is 5.04. The van der Waals surface area contributed by atoms with E-state index in [4.69, 9.17) is 5.11 Å². The van der Waals surface area contributed by atoms with E-state index in [0.29, 0.717) is 17.2 Å². The molecule has 2 aromatic rings. The third-order valence-corrected chi connectivity index (χ3v) is 2.32. The van der Waals surface area contributed by atoms with Gasteiger partial charge in [-0.05, 0) is 19.1 Å². The summed E-state index contributed by atoms with van der Waals surface area (Å²) in [4.78, 5) is 15.1. The Bertz CT molecular complexity index is 562. The lowest BCUT2D eigenvalue weighted by atomic mass is 10.2. The van der Waals surface area contributed by atoms with Gasteiger partial charge in [-0.15, -0.1) is 0 Å². The lowest BCUT2D eigenvalue weighted by molar-refractivity contribution is 0.0691. The summed E-state index contributed by atoms with van der Waals surface area (Å²) in [6.45, 7) is 1.75. The minimum Gasteiger partial charge on any atom is -0.476 e. The van der Waals surface area contributed by atoms with Gasteiger partial charge in [-0.1, -0.05) is 0 Å². The van der Waals surface area contributed by atoms with Crippen LogP contribution in [0, 0.1) is 6.92 Å². The monoisotopic (exact) mass is 232 g/mol. The number of nitrogens with zero attached hydrogens (tertiary/aromatic N) is 3. The number of aryl methyl sites for hydroxylation is 2. The molecule has 88 valence electrons. The van der Waals surface area contributed by atoms with E-state index in [0.717, 1.165) is 0 Å². The molecule has 0 aromatic carbocycles. The van der Waals surface area contributed by atoms with Crippen LogP contribution in [0.3, 0.4) is 0 Å². The van der Waals surface area contributed by atoms with Gasteiger partial charge in [-0.2, -0.15) is 5.10 Å². The first kappa shape index (κ1) is 11.1. The average Bonchev–Trinajstić information content (AvgIpc) is 2.67. The molecule has 0 fully saturated rings. The number of rotatable bonds is 3. The summed E-state index contributed by atoms with van der Waals surface area (Å²) in [7, 11) is 1.77. The molecule has 17 heavy (non-hydrogen) atoms. The Labute approximate surface area is 97.9 Å². The molecule has 0 saturated heterocycles. The molecule has 6 heteroatoms. The zero-order valence-corrected chi connectivity index (χ0v) is 9.51. The van der Waals surface area contributed by atoms with Crippen LogP contribution in [0.15, 0.2) is 24.4 Å². The zero-order chi connectivity index (χ0) is 12.4. The molecule has 0 saturated carbocycles. The van der Waals surface area contributed by atoms with Crippen LogP contribution >= 0.6 is 0 Å². The summed E-state index contributed by atoms with van der Waals surface area (Å²) in [6.07, 6.45) is 1.63. The largest absolute Gasteiger partial charge is 0.476 e. The van der Waals surface area contributed by atoms with E-state index >= 15 is 0 Å². The topological polar surface area (TPSA) is 80.0 Å². The molecule has 0 amide bonds. The van der Waals surface area contributed by atoms with Crippen molar-refractivity contribution in [1.82, 2.24) is 14.8 Å². The lowest BCUT2D eigenvalue weighted by Gasteiger charge is -2.09. The molecule has 0 aliphatic heterocycles. The van der Waals surface area contributed by atoms with Crippen LogP contribution in [-0.4, -0.2) is 25.8 Å². The molecule has 2 aromatic heterocycles. The molecular weight excluding hydrogens is 220 g/mol. The maximum absolute atomic E-state index is 11.1. The predicted octanol–water partition coefficient (Wildman–Crippen LogP) is 1.57. The summed E-state index contributed by atoms with van der Waals surface area (Å²) in [5.74, 6) is -0.350. The van der Waals surface area contributed by atoms with Gasteiger partial charge in [0, 0.05) is 18.8 Å². The van der Waals surface area contributed by atoms with Crippen LogP contribution in [0.25, 0.3) is 0 Å². The molecule has 0 radical (unpaired) electrons. The number of pyridine rings is 1. The minimum absolute atomic E-state index is 0.00574. The number of carbonyl (C=O) groups is 1. The molecule has 0 aliphatic carbocycles. The molecule has 0 spiro atoms. The van der Waals surface area contributed by atoms with Crippen molar-refractivity contribution in [2.75, 3.05) is 5.32 Å². The van der Waals surface area contributed by atoms with E-state index in [2.05, 4.69) is 15.4 Å². The average molecular weight is 232 g/mol. The Hall–Kier alpha value is -2.37. The van der Waals surface area contributed by atoms with Crippen LogP contribution in [0.4, 0.5) is 11.5 Å². The second kappa shape index (κ2) is 4.25. The van der Waals surface area contributed by atoms with E-state index in [1.165, 1.54) is 0 Å². The second-order valence-corrected chi connectivity index (χ2v) is 3.62. The molecule has 2 N–H and O–H groups in total. The van der Waals surface area contributed by atoms with Crippen molar-refractivity contribution >= 4 is 17.5 Å². The molecule has 0 unspecified atom stereocenters. The number of nitrogens with one attached hydrogen (secondary N) is 1. The highest BCUT2D eigenvalue weighted by atomic mass is 16.4. The van der Waals surface area contributed by atoms with Gasteiger partial charge in [0.15, 0.2) is 5.69 Å². The van der Waals surface area contributed by atoms with Gasteiger partial charge in [0.1, 0.15) is 5.82 Å². The van der Waals surface area contributed by atoms with Gasteiger partial charge in [-0.3, -0.25) is 4.68 Å². The normalized spacial score (nSPS) is 10.2. The fraction of sp³-hybridized carbons (Fsp3) is 0.182. The third-order valence-electron chi connectivity index (χ3n) is 2.32. The fourth-order valence-corrected chi connectivity index (χ4v) is 1.46. The van der Waals surface area contributed by atoms with Crippen molar-refractivity contribution in [3.05, 3.63) is 35.8 Å². The minimum atomic E-state index is -1.06. The maximum atomic E-state index is 11.1. The Morgan fingerprint density at radius 3 is 2.76 bits per heavy atom. The molecule has 0 atom stereocenters. The van der Waals surface area contributed by atoms with Gasteiger partial charge in [0.25, 0.3) is 0 Å². The molecule has 6 nitrogen and oxygen atoms in total. The van der Waals surface area contributed by atoms with Crippen molar-refractivity contribution in [3.8, 4) is 0 Å². The van der Waals surface area contributed by atoms with E-state index in [1.807, 2.05) is 0 Å². The van der Waals surface area contributed by atoms with E-state index < -0.39 is 5.97 Å². The summed E-state index contributed by atoms with van der Waals surface area (Å²) in [5, 5.41) is 16.0. The SMILES string of the molecule is Cc1ccc(Nc2ccnn2C)c(C(=O)O)n1. The second-order valence-electron chi connectivity index (χ2n) is 3.62. The maximum Gasteiger partial charge on any atom is 0.356 e. The Morgan fingerprint density at radius 1 is 1.41 bits per heavy atom. The van der Waals surface area contributed by atoms with Crippen LogP contribution in [-0.2, 0) is 7.05 Å². The molecular formula is C11H12N4O2. The third kappa shape index (κ3) is 2.25. The van der Waals surface area contributed by atoms with Crippen LogP contribution < -0.4 is 5.32 Å². The van der Waals surface area contributed by atoms with Crippen LogP contribution in [0.2, 0.25) is 0 Å². The van der Waals surface area contributed by atoms with E-state index in [9.17, 15) is 4.79 Å². The lowest BCUT2D eigenvalue weighted by Crippen LogP contribution is -2.08. The van der Waals surface area contributed by atoms with Crippen molar-refractivity contribution < 1.29 is 9.90 Å². The highest BCUT2D eigenvalue weighted by Gasteiger charge is 2.13. The highest BCUT2D eigenvalue weighted by molar-refractivity contribution is 5.92. The zero-order valence-electron chi connectivity index (χ0n) is 9.51.